The van der Waals surface area contributed by atoms with Gasteiger partial charge >= 0.3 is 11.9 Å². The maximum absolute atomic E-state index is 12.2. The number of carbonyl (C=O) groups is 2. The third kappa shape index (κ3) is 6.00. The van der Waals surface area contributed by atoms with Gasteiger partial charge in [-0.25, -0.2) is 4.79 Å². The Kier molecular flexibility index (Phi) is 9.05. The maximum atomic E-state index is 12.2. The van der Waals surface area contributed by atoms with Crippen molar-refractivity contribution in [3.8, 4) is 5.75 Å². The van der Waals surface area contributed by atoms with Crippen LogP contribution in [0.3, 0.4) is 0 Å². The van der Waals surface area contributed by atoms with Gasteiger partial charge in [-0.15, -0.1) is 12.4 Å². The molecule has 0 spiro atoms. The molecule has 6 nitrogen and oxygen atoms in total. The van der Waals surface area contributed by atoms with Crippen molar-refractivity contribution in [2.75, 3.05) is 19.8 Å². The first-order valence-corrected chi connectivity index (χ1v) is 10.4. The lowest BCUT2D eigenvalue weighted by atomic mass is 9.72. The van der Waals surface area contributed by atoms with Crippen molar-refractivity contribution in [1.29, 1.82) is 0 Å². The standard InChI is InChI=1S/C21H28ClNO5.ClH/c1-3-26-20(24)17-8-6-15(22)11-19(17)28-16-7-5-13-12-23-18(10-14(13)9-16)21(25)27-4-2;/h6,8,11,13-14,16,18,23H,3-5,7,9-10,12H2,1-2H3;1H/t13-,14-,16-,18-;/m0./s1. The van der Waals surface area contributed by atoms with E-state index in [4.69, 9.17) is 25.8 Å². The molecule has 1 saturated carbocycles. The Bertz CT molecular complexity index is 714. The minimum absolute atomic E-state index is 0. The number of halogens is 2. The summed E-state index contributed by atoms with van der Waals surface area (Å²) in [4.78, 5) is 24.3. The molecule has 1 N–H and O–H groups in total. The number of hydrogen-bond acceptors (Lipinski definition) is 6. The first-order chi connectivity index (χ1) is 13.5. The normalized spacial score (nSPS) is 25.9. The van der Waals surface area contributed by atoms with Crippen LogP contribution in [0.25, 0.3) is 0 Å². The van der Waals surface area contributed by atoms with Crippen molar-refractivity contribution in [3.63, 3.8) is 0 Å². The number of piperidine rings is 1. The Hall–Kier alpha value is -1.50. The second kappa shape index (κ2) is 11.0. The van der Waals surface area contributed by atoms with Gasteiger partial charge in [-0.1, -0.05) is 11.6 Å². The van der Waals surface area contributed by atoms with E-state index in [1.54, 1.807) is 25.1 Å². The van der Waals surface area contributed by atoms with Crippen molar-refractivity contribution < 1.29 is 23.8 Å². The Morgan fingerprint density at radius 2 is 1.86 bits per heavy atom. The molecular formula is C21H29Cl2NO5. The van der Waals surface area contributed by atoms with Crippen molar-refractivity contribution >= 4 is 35.9 Å². The molecular weight excluding hydrogens is 417 g/mol. The minimum Gasteiger partial charge on any atom is -0.489 e. The number of carbonyl (C=O) groups excluding carboxylic acids is 2. The second-order valence-corrected chi connectivity index (χ2v) is 7.82. The zero-order valence-corrected chi connectivity index (χ0v) is 18.4. The molecule has 1 aromatic rings. The van der Waals surface area contributed by atoms with Crippen LogP contribution in [0, 0.1) is 11.8 Å². The van der Waals surface area contributed by atoms with E-state index in [0.29, 0.717) is 41.4 Å². The number of ether oxygens (including phenoxy) is 3. The van der Waals surface area contributed by atoms with Crippen LogP contribution in [0.15, 0.2) is 18.2 Å². The van der Waals surface area contributed by atoms with Gasteiger partial charge in [-0.2, -0.15) is 0 Å². The number of esters is 2. The van der Waals surface area contributed by atoms with Gasteiger partial charge in [0.25, 0.3) is 0 Å². The number of fused-ring (bicyclic) bond motifs is 1. The van der Waals surface area contributed by atoms with E-state index in [1.165, 1.54) is 0 Å². The monoisotopic (exact) mass is 445 g/mol. The maximum Gasteiger partial charge on any atom is 0.341 e. The smallest absolute Gasteiger partial charge is 0.341 e. The van der Waals surface area contributed by atoms with Crippen LogP contribution in [0.1, 0.15) is 49.9 Å². The van der Waals surface area contributed by atoms with Gasteiger partial charge in [0.15, 0.2) is 0 Å². The summed E-state index contributed by atoms with van der Waals surface area (Å²) in [7, 11) is 0. The molecule has 8 heteroatoms. The van der Waals surface area contributed by atoms with Gasteiger partial charge in [0.1, 0.15) is 17.4 Å². The molecule has 0 radical (unpaired) electrons. The Balaban J connectivity index is 0.00000300. The minimum atomic E-state index is -0.410. The summed E-state index contributed by atoms with van der Waals surface area (Å²) in [6.07, 6.45) is 3.50. The number of hydrogen-bond donors (Lipinski definition) is 1. The van der Waals surface area contributed by atoms with Crippen LogP contribution >= 0.6 is 24.0 Å². The van der Waals surface area contributed by atoms with E-state index in [0.717, 1.165) is 32.2 Å². The number of rotatable bonds is 6. The van der Waals surface area contributed by atoms with Crippen molar-refractivity contribution in [2.24, 2.45) is 11.8 Å². The molecule has 0 aromatic heterocycles. The lowest BCUT2D eigenvalue weighted by Gasteiger charge is -2.41. The largest absolute Gasteiger partial charge is 0.489 e. The zero-order valence-electron chi connectivity index (χ0n) is 16.8. The highest BCUT2D eigenvalue weighted by Gasteiger charge is 2.39. The van der Waals surface area contributed by atoms with Gasteiger partial charge in [0.2, 0.25) is 0 Å². The van der Waals surface area contributed by atoms with E-state index < -0.39 is 5.97 Å². The van der Waals surface area contributed by atoms with Gasteiger partial charge in [0, 0.05) is 5.02 Å². The van der Waals surface area contributed by atoms with Crippen LogP contribution in [-0.4, -0.2) is 43.8 Å². The fourth-order valence-electron chi connectivity index (χ4n) is 4.20. The molecule has 1 heterocycles. The molecule has 0 amide bonds. The number of benzene rings is 1. The fourth-order valence-corrected chi connectivity index (χ4v) is 4.36. The summed E-state index contributed by atoms with van der Waals surface area (Å²) in [5, 5.41) is 3.83. The highest BCUT2D eigenvalue weighted by atomic mass is 35.5. The molecule has 0 unspecified atom stereocenters. The van der Waals surface area contributed by atoms with Gasteiger partial charge in [-0.3, -0.25) is 4.79 Å². The first-order valence-electron chi connectivity index (χ1n) is 10.0. The topological polar surface area (TPSA) is 73.9 Å². The summed E-state index contributed by atoms with van der Waals surface area (Å²) in [6, 6.07) is 4.72. The Morgan fingerprint density at radius 3 is 2.59 bits per heavy atom. The molecule has 1 aliphatic carbocycles. The highest BCUT2D eigenvalue weighted by Crippen LogP contribution is 2.38. The zero-order chi connectivity index (χ0) is 20.1. The molecule has 2 fully saturated rings. The molecule has 1 aromatic carbocycles. The number of nitrogens with one attached hydrogen (secondary N) is 1. The third-order valence-electron chi connectivity index (χ3n) is 5.56. The molecule has 1 saturated heterocycles. The molecule has 29 heavy (non-hydrogen) atoms. The SMILES string of the molecule is CCOC(=O)c1ccc(Cl)cc1O[C@H]1CC[C@H]2CN[C@H](C(=O)OCC)C[C@@H]2C1.Cl. The summed E-state index contributed by atoms with van der Waals surface area (Å²) in [6.45, 7) is 5.11. The lowest BCUT2D eigenvalue weighted by Crippen LogP contribution is -2.51. The van der Waals surface area contributed by atoms with E-state index in [2.05, 4.69) is 5.32 Å². The van der Waals surface area contributed by atoms with E-state index >= 15 is 0 Å². The molecule has 162 valence electrons. The fraction of sp³-hybridized carbons (Fsp3) is 0.619. The second-order valence-electron chi connectivity index (χ2n) is 7.38. The van der Waals surface area contributed by atoms with Crippen LogP contribution < -0.4 is 10.1 Å². The van der Waals surface area contributed by atoms with Crippen LogP contribution in [0.2, 0.25) is 5.02 Å². The van der Waals surface area contributed by atoms with Gasteiger partial charge in [0.05, 0.1) is 19.3 Å². The van der Waals surface area contributed by atoms with Crippen LogP contribution in [-0.2, 0) is 14.3 Å². The average Bonchev–Trinajstić information content (AvgIpc) is 2.68. The van der Waals surface area contributed by atoms with Crippen LogP contribution in [0.4, 0.5) is 0 Å². The molecule has 3 rings (SSSR count). The Labute approximate surface area is 183 Å². The third-order valence-corrected chi connectivity index (χ3v) is 5.80. The van der Waals surface area contributed by atoms with Crippen LogP contribution in [0.5, 0.6) is 5.75 Å². The average molecular weight is 446 g/mol. The first kappa shape index (κ1) is 23.8. The molecule has 0 bridgehead atoms. The van der Waals surface area contributed by atoms with E-state index in [-0.39, 0.29) is 30.5 Å². The quantitative estimate of drug-likeness (QED) is 0.666. The molecule has 2 aliphatic rings. The predicted molar refractivity (Wildman–Crippen MR) is 113 cm³/mol. The van der Waals surface area contributed by atoms with Crippen molar-refractivity contribution in [1.82, 2.24) is 5.32 Å². The Morgan fingerprint density at radius 1 is 1.10 bits per heavy atom. The summed E-state index contributed by atoms with van der Waals surface area (Å²) in [5.41, 5.74) is 0.392. The van der Waals surface area contributed by atoms with E-state index in [1.807, 2.05) is 6.92 Å². The van der Waals surface area contributed by atoms with Gasteiger partial charge in [-0.05, 0) is 76.1 Å². The highest BCUT2D eigenvalue weighted by molar-refractivity contribution is 6.30. The van der Waals surface area contributed by atoms with E-state index in [9.17, 15) is 9.59 Å². The predicted octanol–water partition coefficient (Wildman–Crippen LogP) is 4.03. The summed E-state index contributed by atoms with van der Waals surface area (Å²) < 4.78 is 16.5. The molecule has 4 atom stereocenters. The van der Waals surface area contributed by atoms with Gasteiger partial charge < -0.3 is 19.5 Å². The summed E-state index contributed by atoms with van der Waals surface area (Å²) >= 11 is 6.12. The van der Waals surface area contributed by atoms with Crippen molar-refractivity contribution in [2.45, 2.75) is 51.7 Å². The molecule has 1 aliphatic heterocycles. The van der Waals surface area contributed by atoms with Crippen molar-refractivity contribution in [3.05, 3.63) is 28.8 Å². The summed E-state index contributed by atoms with van der Waals surface area (Å²) in [5.74, 6) is 0.801. The lowest BCUT2D eigenvalue weighted by molar-refractivity contribution is -0.147.